The molecule has 0 atom stereocenters. The fourth-order valence-electron chi connectivity index (χ4n) is 3.87. The summed E-state index contributed by atoms with van der Waals surface area (Å²) >= 11 is 0. The van der Waals surface area contributed by atoms with Gasteiger partial charge in [0, 0.05) is 5.69 Å². The lowest BCUT2D eigenvalue weighted by atomic mass is 10.1. The van der Waals surface area contributed by atoms with Gasteiger partial charge in [0.2, 0.25) is 0 Å². The van der Waals surface area contributed by atoms with Crippen molar-refractivity contribution < 1.29 is 70.1 Å². The third kappa shape index (κ3) is 21.0. The van der Waals surface area contributed by atoms with Gasteiger partial charge in [-0.1, -0.05) is 18.2 Å². The zero-order valence-corrected chi connectivity index (χ0v) is 28.4. The van der Waals surface area contributed by atoms with Crippen LogP contribution in [-0.4, -0.2) is 131 Å². The Bertz CT molecular complexity index is 1190. The third-order valence-electron chi connectivity index (χ3n) is 6.36. The molecule has 0 amide bonds. The van der Waals surface area contributed by atoms with Gasteiger partial charge < -0.3 is 52.7 Å². The van der Waals surface area contributed by atoms with E-state index in [-0.39, 0.29) is 36.9 Å². The molecule has 16 heteroatoms. The molecule has 0 aliphatic rings. The highest BCUT2D eigenvalue weighted by molar-refractivity contribution is 5.96. The van der Waals surface area contributed by atoms with Crippen molar-refractivity contribution in [2.24, 2.45) is 0 Å². The minimum absolute atomic E-state index is 0.00584. The number of para-hydroxylation sites is 1. The Labute approximate surface area is 290 Å². The number of carbonyl (C=O) groups is 2. The zero-order chi connectivity index (χ0) is 36.1. The van der Waals surface area contributed by atoms with Crippen molar-refractivity contribution in [2.45, 2.75) is 12.6 Å². The lowest BCUT2D eigenvalue weighted by Crippen LogP contribution is -2.16. The van der Waals surface area contributed by atoms with E-state index < -0.39 is 17.7 Å². The Morgan fingerprint density at radius 3 is 1.48 bits per heavy atom. The summed E-state index contributed by atoms with van der Waals surface area (Å²) in [5.74, 6) is -0.937. The van der Waals surface area contributed by atoms with Gasteiger partial charge in [0.25, 0.3) is 0 Å². The van der Waals surface area contributed by atoms with Crippen LogP contribution in [0.1, 0.15) is 22.3 Å². The van der Waals surface area contributed by atoms with Crippen LogP contribution in [0.4, 0.5) is 24.5 Å². The second-order valence-electron chi connectivity index (χ2n) is 10.1. The first kappa shape index (κ1) is 42.8. The molecule has 0 spiro atoms. The SMILES string of the molecule is COC(=O)CCOCCOCCOCCOCCOCCOCCOCCOCCOC(=O)c1ccccc1Nc1cccc(C(F)(F)F)c1. The molecule has 50 heavy (non-hydrogen) atoms. The van der Waals surface area contributed by atoms with Gasteiger partial charge in [0.15, 0.2) is 0 Å². The van der Waals surface area contributed by atoms with E-state index in [1.165, 1.54) is 25.3 Å². The molecule has 0 radical (unpaired) electrons. The Morgan fingerprint density at radius 2 is 1.02 bits per heavy atom. The molecular formula is C34H48F3NO12. The van der Waals surface area contributed by atoms with Crippen molar-refractivity contribution in [3.63, 3.8) is 0 Å². The average molecular weight is 720 g/mol. The molecule has 1 N–H and O–H groups in total. The normalized spacial score (nSPS) is 11.4. The van der Waals surface area contributed by atoms with Crippen LogP contribution in [0.3, 0.4) is 0 Å². The maximum absolute atomic E-state index is 13.0. The summed E-state index contributed by atoms with van der Waals surface area (Å²) in [6.45, 7) is 6.20. The summed E-state index contributed by atoms with van der Waals surface area (Å²) in [5, 5.41) is 2.85. The number of esters is 2. The van der Waals surface area contributed by atoms with Crippen LogP contribution in [0.15, 0.2) is 48.5 Å². The van der Waals surface area contributed by atoms with Crippen LogP contribution < -0.4 is 5.32 Å². The van der Waals surface area contributed by atoms with Crippen LogP contribution in [0.2, 0.25) is 0 Å². The fourth-order valence-corrected chi connectivity index (χ4v) is 3.87. The third-order valence-corrected chi connectivity index (χ3v) is 6.36. The summed E-state index contributed by atoms with van der Waals surface area (Å²) in [7, 11) is 1.34. The van der Waals surface area contributed by atoms with Crippen LogP contribution in [0.5, 0.6) is 0 Å². The molecule has 13 nitrogen and oxygen atoms in total. The van der Waals surface area contributed by atoms with Crippen molar-refractivity contribution in [3.8, 4) is 0 Å². The van der Waals surface area contributed by atoms with Gasteiger partial charge in [0.05, 0.1) is 136 Å². The largest absolute Gasteiger partial charge is 0.469 e. The molecule has 2 aromatic rings. The van der Waals surface area contributed by atoms with Crippen molar-refractivity contribution in [1.29, 1.82) is 0 Å². The Kier molecular flexibility index (Phi) is 23.4. The van der Waals surface area contributed by atoms with Crippen LogP contribution >= 0.6 is 0 Å². The summed E-state index contributed by atoms with van der Waals surface area (Å²) in [5.41, 5.74) is -0.104. The monoisotopic (exact) mass is 719 g/mol. The summed E-state index contributed by atoms with van der Waals surface area (Å²) in [4.78, 5) is 23.5. The highest BCUT2D eigenvalue weighted by Gasteiger charge is 2.30. The molecule has 0 heterocycles. The standard InChI is InChI=1S/C34H48F3NO12/c1-41-32(39)9-10-42-11-12-43-13-14-44-15-16-45-17-18-46-19-20-47-21-22-48-23-24-49-25-26-50-33(40)30-7-2-3-8-31(30)38-29-6-4-5-28(27-29)34(35,36)37/h2-8,27,38H,9-26H2,1H3. The number of ether oxygens (including phenoxy) is 10. The second kappa shape index (κ2) is 27.4. The predicted molar refractivity (Wildman–Crippen MR) is 175 cm³/mol. The van der Waals surface area contributed by atoms with Gasteiger partial charge in [-0.15, -0.1) is 0 Å². The number of alkyl halides is 3. The number of halogens is 3. The maximum Gasteiger partial charge on any atom is 0.416 e. The number of methoxy groups -OCH3 is 1. The van der Waals surface area contributed by atoms with E-state index in [0.29, 0.717) is 105 Å². The first-order valence-corrected chi connectivity index (χ1v) is 16.2. The number of rotatable bonds is 30. The number of anilines is 2. The van der Waals surface area contributed by atoms with Crippen LogP contribution in [0, 0.1) is 0 Å². The van der Waals surface area contributed by atoms with Gasteiger partial charge in [-0.25, -0.2) is 4.79 Å². The maximum atomic E-state index is 13.0. The van der Waals surface area contributed by atoms with Crippen LogP contribution in [-0.2, 0) is 58.3 Å². The summed E-state index contributed by atoms with van der Waals surface area (Å²) < 4.78 is 92.1. The van der Waals surface area contributed by atoms with Crippen LogP contribution in [0.25, 0.3) is 0 Å². The molecule has 2 aromatic carbocycles. The Balaban J connectivity index is 1.34. The predicted octanol–water partition coefficient (Wildman–Crippen LogP) is 4.30. The molecule has 0 unspecified atom stereocenters. The van der Waals surface area contributed by atoms with E-state index >= 15 is 0 Å². The molecule has 282 valence electrons. The van der Waals surface area contributed by atoms with Crippen molar-refractivity contribution in [2.75, 3.05) is 125 Å². The van der Waals surface area contributed by atoms with Crippen molar-refractivity contribution in [1.82, 2.24) is 0 Å². The van der Waals surface area contributed by atoms with Gasteiger partial charge in [-0.2, -0.15) is 13.2 Å². The molecular weight excluding hydrogens is 671 g/mol. The van der Waals surface area contributed by atoms with Gasteiger partial charge in [0.1, 0.15) is 6.61 Å². The second-order valence-corrected chi connectivity index (χ2v) is 10.1. The lowest BCUT2D eigenvalue weighted by Gasteiger charge is -2.13. The average Bonchev–Trinajstić information content (AvgIpc) is 3.11. The molecule has 0 fully saturated rings. The smallest absolute Gasteiger partial charge is 0.416 e. The van der Waals surface area contributed by atoms with Gasteiger partial charge >= 0.3 is 18.1 Å². The minimum atomic E-state index is -4.48. The van der Waals surface area contributed by atoms with Crippen molar-refractivity contribution in [3.05, 3.63) is 59.7 Å². The first-order valence-electron chi connectivity index (χ1n) is 16.2. The summed E-state index contributed by atoms with van der Waals surface area (Å²) in [6.07, 6.45) is -4.25. The van der Waals surface area contributed by atoms with E-state index in [9.17, 15) is 22.8 Å². The zero-order valence-electron chi connectivity index (χ0n) is 28.4. The number of carbonyl (C=O) groups excluding carboxylic acids is 2. The molecule has 0 aliphatic carbocycles. The van der Waals surface area contributed by atoms with Crippen molar-refractivity contribution >= 4 is 23.3 Å². The van der Waals surface area contributed by atoms with E-state index in [2.05, 4.69) is 10.1 Å². The minimum Gasteiger partial charge on any atom is -0.469 e. The molecule has 0 saturated carbocycles. The molecule has 0 aromatic heterocycles. The molecule has 0 aliphatic heterocycles. The Morgan fingerprint density at radius 1 is 0.580 bits per heavy atom. The quantitative estimate of drug-likeness (QED) is 0.0908. The topological polar surface area (TPSA) is 138 Å². The number of hydrogen-bond donors (Lipinski definition) is 1. The van der Waals surface area contributed by atoms with Gasteiger partial charge in [-0.05, 0) is 30.3 Å². The highest BCUT2D eigenvalue weighted by Crippen LogP contribution is 2.32. The van der Waals surface area contributed by atoms with E-state index in [0.717, 1.165) is 12.1 Å². The summed E-state index contributed by atoms with van der Waals surface area (Å²) in [6, 6.07) is 11.1. The lowest BCUT2D eigenvalue weighted by molar-refractivity contribution is -0.142. The van der Waals surface area contributed by atoms with E-state index in [1.807, 2.05) is 0 Å². The van der Waals surface area contributed by atoms with Gasteiger partial charge in [-0.3, -0.25) is 4.79 Å². The first-order chi connectivity index (χ1) is 24.3. The highest BCUT2D eigenvalue weighted by atomic mass is 19.4. The molecule has 0 saturated heterocycles. The molecule has 0 bridgehead atoms. The number of nitrogens with one attached hydrogen (secondary N) is 1. The van der Waals surface area contributed by atoms with E-state index in [1.54, 1.807) is 18.2 Å². The Hall–Kier alpha value is -3.35. The molecule has 2 rings (SSSR count). The number of hydrogen-bond acceptors (Lipinski definition) is 13. The number of benzene rings is 2. The van der Waals surface area contributed by atoms with E-state index in [4.69, 9.17) is 42.6 Å². The fraction of sp³-hybridized carbons (Fsp3) is 0.588.